The first-order chi connectivity index (χ1) is 44.1. The number of aliphatic hydroxyl groups excluding tert-OH is 1. The van der Waals surface area contributed by atoms with Crippen LogP contribution in [0.15, 0.2) is 139 Å². The quantitative estimate of drug-likeness (QED) is 0.0139. The topological polar surface area (TPSA) is 380 Å². The molecule has 0 spiro atoms. The molecule has 0 amide bonds. The summed E-state index contributed by atoms with van der Waals surface area (Å²) in [7, 11) is 3.71. The molecule has 0 aliphatic rings. The number of aliphatic hydroxyl groups is 1. The minimum atomic E-state index is -4.06. The molecule has 0 aliphatic heterocycles. The number of hydrogen-bond acceptors (Lipinski definition) is 24. The first kappa shape index (κ1) is 78.6. The van der Waals surface area contributed by atoms with E-state index in [9.17, 15) is 61.0 Å². The summed E-state index contributed by atoms with van der Waals surface area (Å²) >= 11 is 0. The third-order valence-electron chi connectivity index (χ3n) is 12.5. The Labute approximate surface area is 542 Å². The number of carboxylic acids is 1. The molecule has 2 heterocycles. The molecule has 8 rings (SSSR count). The van der Waals surface area contributed by atoms with Gasteiger partial charge in [-0.05, 0) is 76.6 Å². The van der Waals surface area contributed by atoms with E-state index in [0.717, 1.165) is 54.1 Å². The van der Waals surface area contributed by atoms with Crippen molar-refractivity contribution in [3.63, 3.8) is 0 Å². The van der Waals surface area contributed by atoms with Crippen molar-refractivity contribution in [2.45, 2.75) is 66.1 Å². The fourth-order valence-electron chi connectivity index (χ4n) is 8.30. The average molecular weight is 1350 g/mol. The minimum Gasteiger partial charge on any atom is -0.507 e. The highest BCUT2D eigenvalue weighted by Gasteiger charge is 2.25. The van der Waals surface area contributed by atoms with Crippen molar-refractivity contribution >= 4 is 73.2 Å². The van der Waals surface area contributed by atoms with E-state index in [0.29, 0.717) is 21.4 Å². The zero-order valence-corrected chi connectivity index (χ0v) is 53.0. The minimum absolute atomic E-state index is 0. The van der Waals surface area contributed by atoms with Crippen molar-refractivity contribution in [3.8, 4) is 40.2 Å². The fraction of sp³-hybridized carbons (Fsp3) is 0.273. The summed E-state index contributed by atoms with van der Waals surface area (Å²) < 4.78 is 98.8. The lowest BCUT2D eigenvalue weighted by atomic mass is 10.0. The normalized spacial score (nSPS) is 11.3. The van der Waals surface area contributed by atoms with Crippen molar-refractivity contribution in [1.29, 1.82) is 0 Å². The molecule has 26 nitrogen and oxygen atoms in total. The number of fused-ring (bicyclic) bond motifs is 2. The van der Waals surface area contributed by atoms with E-state index in [1.165, 1.54) is 62.6 Å². The number of ketones is 3. The predicted molar refractivity (Wildman–Crippen MR) is 337 cm³/mol. The summed E-state index contributed by atoms with van der Waals surface area (Å²) in [5.74, 6) is -6.00. The molecule has 29 heteroatoms. The Morgan fingerprint density at radius 1 is 0.621 bits per heavy atom. The van der Waals surface area contributed by atoms with Crippen molar-refractivity contribution in [2.75, 3.05) is 61.5 Å². The second kappa shape index (κ2) is 36.0. The Balaban J connectivity index is 0.000000342. The number of carboxylic acid groups (broad SMARTS) is 1. The predicted octanol–water partition coefficient (Wildman–Crippen LogP) is 9.04. The molecule has 0 radical (unpaired) electrons. The number of phenols is 3. The molecule has 508 valence electrons. The molecule has 0 aliphatic carbocycles. The van der Waals surface area contributed by atoms with Crippen LogP contribution < -0.4 is 34.3 Å². The smallest absolute Gasteiger partial charge is 0.373 e. The highest BCUT2D eigenvalue weighted by atomic mass is 32.2. The number of halogens is 2. The summed E-state index contributed by atoms with van der Waals surface area (Å²) in [6.07, 6.45) is -0.768. The summed E-state index contributed by atoms with van der Waals surface area (Å²) in [5.41, 5.74) is 2.21. The van der Waals surface area contributed by atoms with Gasteiger partial charge in [0.25, 0.3) is 10.1 Å². The van der Waals surface area contributed by atoms with E-state index >= 15 is 0 Å². The van der Waals surface area contributed by atoms with E-state index in [1.807, 2.05) is 26.0 Å². The van der Waals surface area contributed by atoms with E-state index in [-0.39, 0.29) is 100 Å². The number of aromatic carboxylic acids is 1. The Kier molecular flexibility index (Phi) is 29.7. The zero-order chi connectivity index (χ0) is 70.4. The second-order valence-electron chi connectivity index (χ2n) is 20.8. The van der Waals surface area contributed by atoms with Gasteiger partial charge in [0.05, 0.1) is 37.9 Å². The van der Waals surface area contributed by atoms with Crippen molar-refractivity contribution in [2.24, 2.45) is 0 Å². The first-order valence-corrected chi connectivity index (χ1v) is 28.9. The SMILES string of the molecule is C.CC(=O)OC(COc1cccc(O)c1C(C)=O)COS(=O)(=O)c1ccc(C)cc1.CC(=O)c1c(O)cc([18F])cc1O.COCOc1cc([N+](C)(C)C)cc(C)c1C(C)=O.O=C(O)c1cc(=O)c2c(OCC(O)COc3cccc4occc(=O)c34)cc([18F])cc2o1.O=C=O. The lowest BCUT2D eigenvalue weighted by Gasteiger charge is -2.25. The van der Waals surface area contributed by atoms with Crippen LogP contribution in [0, 0.1) is 25.5 Å². The number of carbonyl (C=O) groups excluding carboxylic acids is 6. The van der Waals surface area contributed by atoms with E-state index < -0.39 is 93.4 Å². The summed E-state index contributed by atoms with van der Waals surface area (Å²) in [5, 5.41) is 47.1. The Bertz CT molecular complexity index is 4280. The van der Waals surface area contributed by atoms with Crippen LogP contribution in [0.5, 0.6) is 40.2 Å². The number of quaternary nitrogens is 1. The number of benzene rings is 6. The van der Waals surface area contributed by atoms with Gasteiger partial charge in [0, 0.05) is 62.6 Å². The number of ether oxygens (including phenoxy) is 6. The number of methoxy groups -OCH3 is 1. The summed E-state index contributed by atoms with van der Waals surface area (Å²) in [6.45, 7) is 7.60. The molecular formula is C66H70F2NO25S+. The molecular weight excluding hydrogens is 1270 g/mol. The third-order valence-corrected chi connectivity index (χ3v) is 13.8. The number of aryl methyl sites for hydroxylation is 2. The Hall–Kier alpha value is -10.7. The van der Waals surface area contributed by atoms with E-state index in [4.69, 9.17) is 66.3 Å². The monoisotopic (exact) mass is 1340 g/mol. The van der Waals surface area contributed by atoms with Crippen LogP contribution >= 0.6 is 0 Å². The van der Waals surface area contributed by atoms with Crippen molar-refractivity contribution in [3.05, 3.63) is 181 Å². The van der Waals surface area contributed by atoms with E-state index in [2.05, 4.69) is 21.1 Å². The lowest BCUT2D eigenvalue weighted by molar-refractivity contribution is -0.191. The third kappa shape index (κ3) is 23.1. The van der Waals surface area contributed by atoms with Gasteiger partial charge >= 0.3 is 18.1 Å². The van der Waals surface area contributed by atoms with Crippen molar-refractivity contribution < 1.29 is 118 Å². The zero-order valence-electron chi connectivity index (χ0n) is 52.2. The standard InChI is InChI=1S/C22H15FO9.C20H22O8S.C14H22NO3.C8H7FO3.CO2.CH4/c23-11-6-17(21-14(26)8-19(22(27)28)32-18(21)7-11)31-10-12(24)9-30-16-3-1-2-15-20(16)13(25)4-5-29-15;1-13-7-9-17(10-8-13)29(24,25)27-12-16(28-15(3)22)11-26-19-6-4-5-18(23)20(19)14(2)21;1-10-7-12(15(3,4)5)8-13(18-9-17-6)14(10)11(2)16;1-4(10)8-6(11)2-5(9)3-7(8)12;2-1-3;/h1-8,12,24H,9-10H2,(H,27,28);4-10,16,23H,11-12H2,1-3H3;7-8H,9H2,1-6H3;2-3,11-12H,1H3;;1H4/q;;+1;;;/i23-1;;;9-1;;. The molecule has 95 heavy (non-hydrogen) atoms. The molecule has 2 unspecified atom stereocenters. The van der Waals surface area contributed by atoms with Gasteiger partial charge < -0.3 is 62.8 Å². The number of aromatic hydroxyl groups is 3. The number of carbonyl (C=O) groups is 5. The summed E-state index contributed by atoms with van der Waals surface area (Å²) in [6, 6.07) is 24.4. The number of phenolic OH excluding ortho intramolecular Hbond substituents is 3. The fourth-order valence-corrected chi connectivity index (χ4v) is 9.24. The van der Waals surface area contributed by atoms with Crippen molar-refractivity contribution in [1.82, 2.24) is 4.48 Å². The number of Topliss-reactive ketones (excluding diaryl/α,β-unsaturated/α-hetero) is 3. The lowest BCUT2D eigenvalue weighted by Crippen LogP contribution is -2.35. The van der Waals surface area contributed by atoms with Gasteiger partial charge in [-0.15, -0.1) is 0 Å². The second-order valence-corrected chi connectivity index (χ2v) is 22.4. The Morgan fingerprint density at radius 3 is 1.73 bits per heavy atom. The molecule has 8 aromatic rings. The molecule has 6 aromatic carbocycles. The van der Waals surface area contributed by atoms with Gasteiger partial charge in [-0.1, -0.05) is 37.3 Å². The molecule has 2 aromatic heterocycles. The van der Waals surface area contributed by atoms with Gasteiger partial charge in [-0.3, -0.25) is 37.4 Å². The largest absolute Gasteiger partial charge is 0.507 e. The number of esters is 1. The van der Waals surface area contributed by atoms with Gasteiger partial charge in [0.2, 0.25) is 5.76 Å². The maximum absolute atomic E-state index is 13.9. The van der Waals surface area contributed by atoms with Crippen LogP contribution in [-0.2, 0) is 38.2 Å². The van der Waals surface area contributed by atoms with Crippen LogP contribution in [0.25, 0.3) is 21.9 Å². The van der Waals surface area contributed by atoms with Gasteiger partial charge in [0.1, 0.15) is 123 Å². The molecule has 5 N–H and O–H groups in total. The van der Waals surface area contributed by atoms with Crippen LogP contribution in [0.4, 0.5) is 14.5 Å². The van der Waals surface area contributed by atoms with Crippen LogP contribution in [0.1, 0.15) is 87.9 Å². The molecule has 2 atom stereocenters. The maximum Gasteiger partial charge on any atom is 0.373 e. The van der Waals surface area contributed by atoms with Gasteiger partial charge in [-0.25, -0.2) is 13.6 Å². The molecule has 0 saturated heterocycles. The first-order valence-electron chi connectivity index (χ1n) is 27.5. The highest BCUT2D eigenvalue weighted by molar-refractivity contribution is 7.86. The number of rotatable bonds is 22. The molecule has 0 bridgehead atoms. The number of nitrogens with zero attached hydrogens (tertiary/aromatic N) is 1. The number of hydrogen-bond donors (Lipinski definition) is 5. The highest BCUT2D eigenvalue weighted by Crippen LogP contribution is 2.33. The maximum atomic E-state index is 13.9. The van der Waals surface area contributed by atoms with Gasteiger partial charge in [0.15, 0.2) is 41.1 Å². The molecule has 0 fully saturated rings. The average Bonchev–Trinajstić information content (AvgIpc) is 0.816. The van der Waals surface area contributed by atoms with Gasteiger partial charge in [-0.2, -0.15) is 18.0 Å². The Morgan fingerprint density at radius 2 is 1.17 bits per heavy atom. The van der Waals surface area contributed by atoms with Crippen LogP contribution in [0.2, 0.25) is 0 Å². The van der Waals surface area contributed by atoms with Crippen LogP contribution in [-0.4, -0.2) is 143 Å². The molecule has 0 saturated carbocycles. The van der Waals surface area contributed by atoms with Crippen LogP contribution in [0.3, 0.4) is 0 Å². The summed E-state index contributed by atoms with van der Waals surface area (Å²) in [4.78, 5) is 97.1. The van der Waals surface area contributed by atoms with E-state index in [1.54, 1.807) is 38.3 Å².